The smallest absolute Gasteiger partial charge is 0.374 e. The summed E-state index contributed by atoms with van der Waals surface area (Å²) in [6, 6.07) is 7.34. The molecule has 1 N–H and O–H groups in total. The molecule has 0 spiro atoms. The summed E-state index contributed by atoms with van der Waals surface area (Å²) in [5, 5.41) is 18.9. The summed E-state index contributed by atoms with van der Waals surface area (Å²) in [6.45, 7) is 5.47. The molecule has 0 saturated heterocycles. The summed E-state index contributed by atoms with van der Waals surface area (Å²) >= 11 is 0. The first-order valence-corrected chi connectivity index (χ1v) is 5.59. The van der Waals surface area contributed by atoms with Gasteiger partial charge in [-0.3, -0.25) is 0 Å². The van der Waals surface area contributed by atoms with Crippen LogP contribution >= 0.6 is 0 Å². The Morgan fingerprint density at radius 1 is 1.44 bits per heavy atom. The molecule has 1 rings (SSSR count). The summed E-state index contributed by atoms with van der Waals surface area (Å²) < 4.78 is 4.68. The molecule has 1 aromatic carbocycles. The quantitative estimate of drug-likeness (QED) is 0.384. The average molecular weight is 245 g/mol. The summed E-state index contributed by atoms with van der Waals surface area (Å²) in [4.78, 5) is 11.4. The van der Waals surface area contributed by atoms with Crippen molar-refractivity contribution in [3.63, 3.8) is 0 Å². The SMILES string of the molecule is CCOC(=O)/C(O)=C(\C#N)c1cc(C)ccc1C. The summed E-state index contributed by atoms with van der Waals surface area (Å²) in [6.07, 6.45) is 0. The molecule has 1 aromatic rings. The van der Waals surface area contributed by atoms with Crippen LogP contribution in [-0.2, 0) is 9.53 Å². The Morgan fingerprint density at radius 2 is 2.11 bits per heavy atom. The van der Waals surface area contributed by atoms with E-state index >= 15 is 0 Å². The largest absolute Gasteiger partial charge is 0.501 e. The molecule has 0 fully saturated rings. The number of nitrogens with zero attached hydrogens (tertiary/aromatic N) is 1. The van der Waals surface area contributed by atoms with Gasteiger partial charge in [0.15, 0.2) is 0 Å². The molecular weight excluding hydrogens is 230 g/mol. The topological polar surface area (TPSA) is 70.3 Å². The Balaban J connectivity index is 3.34. The van der Waals surface area contributed by atoms with E-state index in [1.165, 1.54) is 0 Å². The van der Waals surface area contributed by atoms with Crippen LogP contribution in [0.3, 0.4) is 0 Å². The fourth-order valence-electron chi connectivity index (χ4n) is 1.55. The molecule has 0 aliphatic carbocycles. The van der Waals surface area contributed by atoms with Crippen molar-refractivity contribution in [1.29, 1.82) is 5.26 Å². The number of hydrogen-bond acceptors (Lipinski definition) is 4. The predicted molar refractivity (Wildman–Crippen MR) is 67.7 cm³/mol. The molecule has 0 aliphatic rings. The van der Waals surface area contributed by atoms with Crippen LogP contribution < -0.4 is 0 Å². The van der Waals surface area contributed by atoms with Crippen LogP contribution in [0.1, 0.15) is 23.6 Å². The van der Waals surface area contributed by atoms with Gasteiger partial charge in [-0.15, -0.1) is 0 Å². The molecular formula is C14H15NO3. The van der Waals surface area contributed by atoms with Gasteiger partial charge in [-0.25, -0.2) is 4.79 Å². The normalized spacial score (nSPS) is 11.4. The lowest BCUT2D eigenvalue weighted by atomic mass is 9.98. The van der Waals surface area contributed by atoms with E-state index in [0.717, 1.165) is 11.1 Å². The van der Waals surface area contributed by atoms with Crippen LogP contribution in [0.2, 0.25) is 0 Å². The Kier molecular flexibility index (Phi) is 4.50. The maximum atomic E-state index is 11.4. The molecule has 0 aliphatic heterocycles. The second-order valence-electron chi connectivity index (χ2n) is 3.87. The van der Waals surface area contributed by atoms with E-state index in [-0.39, 0.29) is 12.2 Å². The molecule has 0 saturated carbocycles. The van der Waals surface area contributed by atoms with Gasteiger partial charge in [0.25, 0.3) is 0 Å². The molecule has 0 bridgehead atoms. The number of hydrogen-bond donors (Lipinski definition) is 1. The van der Waals surface area contributed by atoms with Gasteiger partial charge >= 0.3 is 5.97 Å². The lowest BCUT2D eigenvalue weighted by Gasteiger charge is -2.08. The molecule has 0 heterocycles. The van der Waals surface area contributed by atoms with Crippen LogP contribution in [0.5, 0.6) is 0 Å². The number of aryl methyl sites for hydroxylation is 2. The maximum absolute atomic E-state index is 11.4. The van der Waals surface area contributed by atoms with Crippen molar-refractivity contribution in [2.75, 3.05) is 6.61 Å². The minimum absolute atomic E-state index is 0.0605. The van der Waals surface area contributed by atoms with Gasteiger partial charge in [0.1, 0.15) is 11.6 Å². The average Bonchev–Trinajstić information content (AvgIpc) is 2.34. The Labute approximate surface area is 106 Å². The van der Waals surface area contributed by atoms with Gasteiger partial charge in [-0.2, -0.15) is 5.26 Å². The van der Waals surface area contributed by atoms with Crippen molar-refractivity contribution in [2.24, 2.45) is 0 Å². The Morgan fingerprint density at radius 3 is 2.67 bits per heavy atom. The molecule has 4 heteroatoms. The van der Waals surface area contributed by atoms with E-state index in [1.54, 1.807) is 13.0 Å². The molecule has 0 aromatic heterocycles. The van der Waals surface area contributed by atoms with E-state index in [0.29, 0.717) is 5.56 Å². The Bertz CT molecular complexity index is 538. The van der Waals surface area contributed by atoms with Gasteiger partial charge in [-0.1, -0.05) is 23.8 Å². The van der Waals surface area contributed by atoms with Crippen molar-refractivity contribution in [3.05, 3.63) is 40.6 Å². The third kappa shape index (κ3) is 2.89. The number of allylic oxidation sites excluding steroid dienone is 1. The van der Waals surface area contributed by atoms with Crippen LogP contribution in [0.4, 0.5) is 0 Å². The molecule has 94 valence electrons. The number of ether oxygens (including phenoxy) is 1. The van der Waals surface area contributed by atoms with Crippen molar-refractivity contribution in [3.8, 4) is 6.07 Å². The first kappa shape index (κ1) is 13.8. The highest BCUT2D eigenvalue weighted by Gasteiger charge is 2.18. The highest BCUT2D eigenvalue weighted by Crippen LogP contribution is 2.22. The van der Waals surface area contributed by atoms with Gasteiger partial charge in [0.2, 0.25) is 5.76 Å². The zero-order chi connectivity index (χ0) is 13.7. The van der Waals surface area contributed by atoms with Crippen molar-refractivity contribution in [2.45, 2.75) is 20.8 Å². The molecule has 0 radical (unpaired) electrons. The van der Waals surface area contributed by atoms with Gasteiger partial charge in [0, 0.05) is 0 Å². The van der Waals surface area contributed by atoms with Crippen molar-refractivity contribution < 1.29 is 14.6 Å². The number of aliphatic hydroxyl groups is 1. The first-order valence-electron chi connectivity index (χ1n) is 5.59. The zero-order valence-corrected chi connectivity index (χ0v) is 10.7. The summed E-state index contributed by atoms with van der Waals surface area (Å²) in [5.74, 6) is -1.52. The third-order valence-corrected chi connectivity index (χ3v) is 2.48. The van der Waals surface area contributed by atoms with Gasteiger partial charge < -0.3 is 9.84 Å². The van der Waals surface area contributed by atoms with E-state index < -0.39 is 11.7 Å². The molecule has 0 unspecified atom stereocenters. The second kappa shape index (κ2) is 5.87. The van der Waals surface area contributed by atoms with E-state index in [9.17, 15) is 9.90 Å². The lowest BCUT2D eigenvalue weighted by Crippen LogP contribution is -2.09. The van der Waals surface area contributed by atoms with Crippen LogP contribution in [0, 0.1) is 25.2 Å². The lowest BCUT2D eigenvalue weighted by molar-refractivity contribution is -0.141. The van der Waals surface area contributed by atoms with Crippen molar-refractivity contribution >= 4 is 11.5 Å². The number of carbonyl (C=O) groups is 1. The number of aliphatic hydroxyl groups excluding tert-OH is 1. The molecule has 0 amide bonds. The van der Waals surface area contributed by atoms with E-state index in [1.807, 2.05) is 32.0 Å². The number of nitriles is 1. The summed E-state index contributed by atoms with van der Waals surface area (Å²) in [7, 11) is 0. The summed E-state index contributed by atoms with van der Waals surface area (Å²) in [5.41, 5.74) is 2.24. The predicted octanol–water partition coefficient (Wildman–Crippen LogP) is 2.66. The standard InChI is InChI=1S/C14H15NO3/c1-4-18-14(17)13(16)12(8-15)11-7-9(2)5-6-10(11)3/h5-7,16H,4H2,1-3H3/b13-12-. The van der Waals surface area contributed by atoms with Crippen LogP contribution in [-0.4, -0.2) is 17.7 Å². The van der Waals surface area contributed by atoms with Gasteiger partial charge in [-0.05, 0) is 31.9 Å². The third-order valence-electron chi connectivity index (χ3n) is 2.48. The van der Waals surface area contributed by atoms with E-state index in [4.69, 9.17) is 5.26 Å². The zero-order valence-electron chi connectivity index (χ0n) is 10.7. The molecule has 4 nitrogen and oxygen atoms in total. The second-order valence-corrected chi connectivity index (χ2v) is 3.87. The highest BCUT2D eigenvalue weighted by molar-refractivity contribution is 5.99. The minimum Gasteiger partial charge on any atom is -0.501 e. The number of esters is 1. The van der Waals surface area contributed by atoms with Crippen molar-refractivity contribution in [1.82, 2.24) is 0 Å². The monoisotopic (exact) mass is 245 g/mol. The fraction of sp³-hybridized carbons (Fsp3) is 0.286. The molecule has 0 atom stereocenters. The number of rotatable bonds is 3. The van der Waals surface area contributed by atoms with E-state index in [2.05, 4.69) is 4.74 Å². The van der Waals surface area contributed by atoms with Crippen LogP contribution in [0.25, 0.3) is 5.57 Å². The molecule has 18 heavy (non-hydrogen) atoms. The maximum Gasteiger partial charge on any atom is 0.374 e. The number of carbonyl (C=O) groups excluding carboxylic acids is 1. The number of benzene rings is 1. The minimum atomic E-state index is -0.880. The van der Waals surface area contributed by atoms with Crippen LogP contribution in [0.15, 0.2) is 24.0 Å². The highest BCUT2D eigenvalue weighted by atomic mass is 16.5. The first-order chi connectivity index (χ1) is 8.51. The Hall–Kier alpha value is -2.28. The fourth-order valence-corrected chi connectivity index (χ4v) is 1.55. The van der Waals surface area contributed by atoms with Gasteiger partial charge in [0.05, 0.1) is 6.61 Å².